The number of aliphatic hydroxyl groups is 1. The highest BCUT2D eigenvalue weighted by Gasteiger charge is 2.74. The molecule has 0 spiro atoms. The second-order valence-corrected chi connectivity index (χ2v) is 21.3. The first kappa shape index (κ1) is 39.6. The molecule has 0 aromatic rings. The lowest BCUT2D eigenvalue weighted by Crippen LogP contribution is -2.73. The van der Waals surface area contributed by atoms with Gasteiger partial charge in [-0.2, -0.15) is 0 Å². The van der Waals surface area contributed by atoms with Gasteiger partial charge in [0.25, 0.3) is 0 Å². The molecular weight excluding hydrogens is 601 g/mol. The number of carbonyl (C=O) groups excluding carboxylic acids is 1. The summed E-state index contributed by atoms with van der Waals surface area (Å²) in [6, 6.07) is 0. The predicted molar refractivity (Wildman–Crippen MR) is 206 cm³/mol. The molecule has 5 aliphatic rings. The maximum absolute atomic E-state index is 13.2. The van der Waals surface area contributed by atoms with Crippen molar-refractivity contribution in [1.29, 1.82) is 0 Å². The van der Waals surface area contributed by atoms with Crippen molar-refractivity contribution in [2.24, 2.45) is 50.2 Å². The fourth-order valence-corrected chi connectivity index (χ4v) is 14.0. The number of carbonyl (C=O) groups is 1. The summed E-state index contributed by atoms with van der Waals surface area (Å²) >= 11 is 0. The number of ether oxygens (including phenoxy) is 1. The average molecular weight is 683 g/mol. The Bertz CT molecular complexity index is 1110. The van der Waals surface area contributed by atoms with E-state index in [1.54, 1.807) is 0 Å². The first-order valence-corrected chi connectivity index (χ1v) is 21.9. The number of esters is 1. The van der Waals surface area contributed by atoms with Crippen molar-refractivity contribution in [1.82, 2.24) is 0 Å². The molecule has 5 saturated carbocycles. The first-order chi connectivity index (χ1) is 23.0. The SMILES string of the molecule is CCCCCCCCCCCCCCCC(=O)O[C@H]1CC[C@@]2(C)[C@@H](CC[C@]3(C)[C@H]2CC[C@]2(O)[C@@H]4CC(C)(C)CC[C@]4(C)CC[C@@]32C)C1(C)C. The van der Waals surface area contributed by atoms with Crippen LogP contribution in [0.4, 0.5) is 0 Å². The summed E-state index contributed by atoms with van der Waals surface area (Å²) in [5.74, 6) is 1.62. The van der Waals surface area contributed by atoms with E-state index in [0.717, 1.165) is 38.5 Å². The summed E-state index contributed by atoms with van der Waals surface area (Å²) in [5.41, 5.74) is 0.343. The van der Waals surface area contributed by atoms with Crippen molar-refractivity contribution in [3.05, 3.63) is 0 Å². The molecule has 0 amide bonds. The van der Waals surface area contributed by atoms with Gasteiger partial charge in [-0.15, -0.1) is 0 Å². The molecule has 0 bridgehead atoms. The van der Waals surface area contributed by atoms with Gasteiger partial charge in [0, 0.05) is 17.3 Å². The third kappa shape index (κ3) is 7.35. The number of fused-ring (bicyclic) bond motifs is 7. The molecule has 0 radical (unpaired) electrons. The van der Waals surface area contributed by atoms with E-state index in [1.165, 1.54) is 116 Å². The lowest BCUT2D eigenvalue weighted by molar-refractivity contribution is -0.313. The summed E-state index contributed by atoms with van der Waals surface area (Å²) < 4.78 is 6.40. The number of hydrogen-bond donors (Lipinski definition) is 1. The van der Waals surface area contributed by atoms with Crippen LogP contribution in [0.5, 0.6) is 0 Å². The molecule has 0 aromatic heterocycles. The maximum Gasteiger partial charge on any atom is 0.306 e. The van der Waals surface area contributed by atoms with Gasteiger partial charge in [0.2, 0.25) is 0 Å². The third-order valence-corrected chi connectivity index (χ3v) is 17.5. The van der Waals surface area contributed by atoms with Crippen molar-refractivity contribution in [3.8, 4) is 0 Å². The monoisotopic (exact) mass is 683 g/mol. The molecule has 5 fully saturated rings. The predicted octanol–water partition coefficient (Wildman–Crippen LogP) is 13.4. The minimum Gasteiger partial charge on any atom is -0.462 e. The first-order valence-electron chi connectivity index (χ1n) is 21.9. The van der Waals surface area contributed by atoms with Crippen LogP contribution in [0.25, 0.3) is 0 Å². The van der Waals surface area contributed by atoms with Crippen LogP contribution < -0.4 is 0 Å². The second kappa shape index (κ2) is 15.0. The van der Waals surface area contributed by atoms with Gasteiger partial charge in [-0.1, -0.05) is 139 Å². The van der Waals surface area contributed by atoms with Crippen LogP contribution in [0.2, 0.25) is 0 Å². The summed E-state index contributed by atoms with van der Waals surface area (Å²) in [4.78, 5) is 13.2. The van der Waals surface area contributed by atoms with Gasteiger partial charge < -0.3 is 9.84 Å². The zero-order valence-electron chi connectivity index (χ0n) is 34.3. The van der Waals surface area contributed by atoms with Gasteiger partial charge in [0.1, 0.15) is 6.10 Å². The quantitative estimate of drug-likeness (QED) is 0.138. The average Bonchev–Trinajstić information content (AvgIpc) is 3.03. The normalized spacial score (nSPS) is 42.3. The minimum absolute atomic E-state index is 0.0207. The largest absolute Gasteiger partial charge is 0.462 e. The molecule has 0 aliphatic heterocycles. The van der Waals surface area contributed by atoms with Crippen LogP contribution in [0.15, 0.2) is 0 Å². The lowest BCUT2D eigenvalue weighted by atomic mass is 9.30. The lowest BCUT2D eigenvalue weighted by Gasteiger charge is -2.76. The van der Waals surface area contributed by atoms with E-state index < -0.39 is 5.60 Å². The van der Waals surface area contributed by atoms with Crippen molar-refractivity contribution in [2.75, 3.05) is 0 Å². The van der Waals surface area contributed by atoms with Gasteiger partial charge in [-0.05, 0) is 116 Å². The van der Waals surface area contributed by atoms with Crippen LogP contribution in [-0.2, 0) is 9.53 Å². The highest BCUT2D eigenvalue weighted by Crippen LogP contribution is 2.78. The molecule has 284 valence electrons. The van der Waals surface area contributed by atoms with E-state index in [1.807, 2.05) is 0 Å². The Labute approximate surface area is 304 Å². The van der Waals surface area contributed by atoms with Crippen LogP contribution in [0.3, 0.4) is 0 Å². The zero-order chi connectivity index (χ0) is 35.8. The smallest absolute Gasteiger partial charge is 0.306 e. The zero-order valence-corrected chi connectivity index (χ0v) is 34.3. The maximum atomic E-state index is 13.2. The van der Waals surface area contributed by atoms with Crippen molar-refractivity contribution in [2.45, 2.75) is 235 Å². The number of unbranched alkanes of at least 4 members (excludes halogenated alkanes) is 12. The molecule has 49 heavy (non-hydrogen) atoms. The van der Waals surface area contributed by atoms with Gasteiger partial charge in [-0.25, -0.2) is 0 Å². The topological polar surface area (TPSA) is 46.5 Å². The Morgan fingerprint density at radius 3 is 1.78 bits per heavy atom. The van der Waals surface area contributed by atoms with Crippen molar-refractivity contribution in [3.63, 3.8) is 0 Å². The molecule has 0 unspecified atom stereocenters. The molecule has 1 N–H and O–H groups in total. The molecule has 5 aliphatic carbocycles. The highest BCUT2D eigenvalue weighted by atomic mass is 16.5. The fraction of sp³-hybridized carbons (Fsp3) is 0.978. The highest BCUT2D eigenvalue weighted by molar-refractivity contribution is 5.69. The van der Waals surface area contributed by atoms with E-state index in [4.69, 9.17) is 4.74 Å². The van der Waals surface area contributed by atoms with E-state index in [2.05, 4.69) is 62.3 Å². The van der Waals surface area contributed by atoms with Gasteiger partial charge in [-0.3, -0.25) is 4.79 Å². The summed E-state index contributed by atoms with van der Waals surface area (Å²) in [7, 11) is 0. The van der Waals surface area contributed by atoms with E-state index in [-0.39, 0.29) is 39.1 Å². The van der Waals surface area contributed by atoms with Crippen molar-refractivity contribution < 1.29 is 14.6 Å². The molecule has 0 saturated heterocycles. The fourth-order valence-electron chi connectivity index (χ4n) is 14.0. The summed E-state index contributed by atoms with van der Waals surface area (Å²) in [5, 5.41) is 13.1. The Hall–Kier alpha value is -0.570. The van der Waals surface area contributed by atoms with Crippen LogP contribution in [-0.4, -0.2) is 22.8 Å². The Morgan fingerprint density at radius 2 is 1.16 bits per heavy atom. The summed E-state index contributed by atoms with van der Waals surface area (Å²) in [6.45, 7) is 22.4. The molecule has 0 aromatic carbocycles. The van der Waals surface area contributed by atoms with E-state index >= 15 is 0 Å². The minimum atomic E-state index is -0.568. The van der Waals surface area contributed by atoms with E-state index in [0.29, 0.717) is 29.6 Å². The van der Waals surface area contributed by atoms with Gasteiger partial charge in [0.05, 0.1) is 5.60 Å². The standard InChI is InChI=1S/C46H82O3/c1-10-11-12-13-14-15-16-17-18-19-20-21-22-23-39(47)49-38-26-27-43(7)35(41(38,4)5)24-28-44(8)36(43)25-29-46(48)37-34-40(2,3)30-31-42(37,6)32-33-45(44,46)9/h35-38,48H,10-34H2,1-9H3/t35-,36-,37+,38-,42+,43-,44+,45-,46-/m0/s1. The van der Waals surface area contributed by atoms with Gasteiger partial charge >= 0.3 is 5.97 Å². The molecule has 0 heterocycles. The third-order valence-electron chi connectivity index (χ3n) is 17.5. The molecule has 3 heteroatoms. The second-order valence-electron chi connectivity index (χ2n) is 21.3. The number of hydrogen-bond acceptors (Lipinski definition) is 3. The summed E-state index contributed by atoms with van der Waals surface area (Å²) in [6.07, 6.45) is 30.7. The Balaban J connectivity index is 1.13. The van der Waals surface area contributed by atoms with Crippen molar-refractivity contribution >= 4 is 5.97 Å². The molecule has 5 rings (SSSR count). The van der Waals surface area contributed by atoms with Crippen LogP contribution in [0.1, 0.15) is 223 Å². The van der Waals surface area contributed by atoms with Crippen LogP contribution in [0, 0.1) is 50.2 Å². The number of rotatable bonds is 15. The Kier molecular flexibility index (Phi) is 12.2. The van der Waals surface area contributed by atoms with E-state index in [9.17, 15) is 9.90 Å². The van der Waals surface area contributed by atoms with Gasteiger partial charge in [0.15, 0.2) is 0 Å². The molecular formula is C46H82O3. The molecule has 3 nitrogen and oxygen atoms in total. The Morgan fingerprint density at radius 1 is 0.612 bits per heavy atom. The van der Waals surface area contributed by atoms with Crippen LogP contribution >= 0.6 is 0 Å². The molecule has 9 atom stereocenters.